The number of para-hydroxylation sites is 1. The summed E-state index contributed by atoms with van der Waals surface area (Å²) in [5.74, 6) is -0.420. The monoisotopic (exact) mass is 551 g/mol. The number of hydrogen-bond acceptors (Lipinski definition) is 3. The lowest BCUT2D eigenvalue weighted by Crippen LogP contribution is -2.09. The first kappa shape index (κ1) is 25.0. The summed E-state index contributed by atoms with van der Waals surface area (Å²) in [5.41, 5.74) is 5.19. The molecule has 7 aromatic carbocycles. The summed E-state index contributed by atoms with van der Waals surface area (Å²) in [6, 6.07) is 49.5. The summed E-state index contributed by atoms with van der Waals surface area (Å²) in [6.07, 6.45) is 1.72. The van der Waals surface area contributed by atoms with Gasteiger partial charge in [-0.3, -0.25) is 9.59 Å². The standard InChI is InChI=1S/C40H25NO2/c42-39-36-12-6-7-13-37(36)40(43)38(39)21-26-14-15-31-24-34(18-16-29(31)20-26)41(33-10-2-1-3-11-33)35-19-17-30-22-27-8-4-5-9-28(27)23-32(30)25-35/h1-25H. The molecule has 3 heteroatoms. The average Bonchev–Trinajstić information content (AvgIpc) is 3.29. The number of benzene rings is 7. The molecule has 0 bridgehead atoms. The van der Waals surface area contributed by atoms with Crippen LogP contribution in [0, 0.1) is 0 Å². The van der Waals surface area contributed by atoms with E-state index in [9.17, 15) is 9.59 Å². The highest BCUT2D eigenvalue weighted by molar-refractivity contribution is 6.41. The van der Waals surface area contributed by atoms with Crippen LogP contribution in [0.25, 0.3) is 38.4 Å². The van der Waals surface area contributed by atoms with Gasteiger partial charge in [-0.25, -0.2) is 0 Å². The Morgan fingerprint density at radius 2 is 0.884 bits per heavy atom. The third-order valence-electron chi connectivity index (χ3n) is 8.28. The van der Waals surface area contributed by atoms with E-state index in [1.54, 1.807) is 30.3 Å². The first-order valence-corrected chi connectivity index (χ1v) is 14.3. The maximum atomic E-state index is 12.9. The lowest BCUT2D eigenvalue weighted by Gasteiger charge is -2.26. The fraction of sp³-hybridized carbons (Fsp3) is 0. The van der Waals surface area contributed by atoms with Crippen molar-refractivity contribution in [2.75, 3.05) is 4.90 Å². The Bertz CT molecular complexity index is 2240. The molecular weight excluding hydrogens is 526 g/mol. The summed E-state index contributed by atoms with van der Waals surface area (Å²) in [5, 5.41) is 6.95. The third kappa shape index (κ3) is 4.30. The Morgan fingerprint density at radius 3 is 1.56 bits per heavy atom. The van der Waals surface area contributed by atoms with Crippen LogP contribution >= 0.6 is 0 Å². The molecule has 0 fully saturated rings. The number of rotatable bonds is 4. The topological polar surface area (TPSA) is 37.4 Å². The quantitative estimate of drug-likeness (QED) is 0.124. The lowest BCUT2D eigenvalue weighted by atomic mass is 10.0. The Labute approximate surface area is 248 Å². The molecule has 0 atom stereocenters. The van der Waals surface area contributed by atoms with Gasteiger partial charge in [0.2, 0.25) is 0 Å². The van der Waals surface area contributed by atoms with Gasteiger partial charge in [0.05, 0.1) is 5.57 Å². The van der Waals surface area contributed by atoms with Gasteiger partial charge < -0.3 is 4.90 Å². The van der Waals surface area contributed by atoms with Gasteiger partial charge in [0, 0.05) is 28.2 Å². The number of fused-ring (bicyclic) bond motifs is 4. The largest absolute Gasteiger partial charge is 0.310 e. The predicted molar refractivity (Wildman–Crippen MR) is 177 cm³/mol. The fourth-order valence-electron chi connectivity index (χ4n) is 6.14. The molecule has 0 heterocycles. The molecule has 1 aliphatic rings. The molecule has 0 radical (unpaired) electrons. The fourth-order valence-corrected chi connectivity index (χ4v) is 6.14. The summed E-state index contributed by atoms with van der Waals surface area (Å²) >= 11 is 0. The van der Waals surface area contributed by atoms with Crippen LogP contribution in [0.4, 0.5) is 17.1 Å². The van der Waals surface area contributed by atoms with Crippen molar-refractivity contribution in [3.63, 3.8) is 0 Å². The predicted octanol–water partition coefficient (Wildman–Crippen LogP) is 10.1. The van der Waals surface area contributed by atoms with Crippen molar-refractivity contribution in [1.82, 2.24) is 0 Å². The van der Waals surface area contributed by atoms with Gasteiger partial charge in [0.1, 0.15) is 0 Å². The van der Waals surface area contributed by atoms with Crippen molar-refractivity contribution in [2.24, 2.45) is 0 Å². The van der Waals surface area contributed by atoms with E-state index in [2.05, 4.69) is 108 Å². The molecule has 0 unspecified atom stereocenters. The number of carbonyl (C=O) groups is 2. The minimum Gasteiger partial charge on any atom is -0.310 e. The molecule has 3 nitrogen and oxygen atoms in total. The Morgan fingerprint density at radius 1 is 0.395 bits per heavy atom. The van der Waals surface area contributed by atoms with Crippen LogP contribution in [0.1, 0.15) is 26.3 Å². The van der Waals surface area contributed by atoms with Gasteiger partial charge in [-0.2, -0.15) is 0 Å². The van der Waals surface area contributed by atoms with Crippen molar-refractivity contribution < 1.29 is 9.59 Å². The van der Waals surface area contributed by atoms with Crippen LogP contribution in [0.5, 0.6) is 0 Å². The van der Waals surface area contributed by atoms with Crippen LogP contribution < -0.4 is 4.90 Å². The number of anilines is 3. The molecule has 43 heavy (non-hydrogen) atoms. The third-order valence-corrected chi connectivity index (χ3v) is 8.28. The van der Waals surface area contributed by atoms with Crippen LogP contribution in [-0.4, -0.2) is 11.6 Å². The molecule has 7 aromatic rings. The molecule has 0 saturated heterocycles. The Hall–Kier alpha value is -5.80. The van der Waals surface area contributed by atoms with E-state index in [0.29, 0.717) is 11.1 Å². The van der Waals surface area contributed by atoms with Crippen molar-refractivity contribution in [2.45, 2.75) is 0 Å². The lowest BCUT2D eigenvalue weighted by molar-refractivity contribution is 0.0990. The second-order valence-electron chi connectivity index (χ2n) is 11.0. The SMILES string of the molecule is O=C1C(=Cc2ccc3cc(N(c4ccccc4)c4ccc5cc6ccccc6cc5c4)ccc3c2)C(=O)c2ccccc21. The number of Topliss-reactive ketones (excluding diaryl/α,β-unsaturated/α-hetero) is 2. The highest BCUT2D eigenvalue weighted by atomic mass is 16.2. The number of allylic oxidation sites excluding steroid dienone is 1. The molecule has 0 aliphatic heterocycles. The van der Waals surface area contributed by atoms with Gasteiger partial charge in [-0.1, -0.05) is 91.0 Å². The van der Waals surface area contributed by atoms with E-state index in [1.165, 1.54) is 21.5 Å². The summed E-state index contributed by atoms with van der Waals surface area (Å²) < 4.78 is 0. The molecule has 0 amide bonds. The van der Waals surface area contributed by atoms with Crippen LogP contribution in [0.2, 0.25) is 0 Å². The van der Waals surface area contributed by atoms with Crippen molar-refractivity contribution in [3.05, 3.63) is 168 Å². The smallest absolute Gasteiger partial charge is 0.197 e. The molecule has 0 aromatic heterocycles. The zero-order valence-corrected chi connectivity index (χ0v) is 23.2. The van der Waals surface area contributed by atoms with E-state index in [-0.39, 0.29) is 17.1 Å². The number of hydrogen-bond donors (Lipinski definition) is 0. The van der Waals surface area contributed by atoms with Crippen LogP contribution in [0.15, 0.2) is 151 Å². The maximum absolute atomic E-state index is 12.9. The molecular formula is C40H25NO2. The first-order valence-electron chi connectivity index (χ1n) is 14.3. The first-order chi connectivity index (χ1) is 21.1. The molecule has 202 valence electrons. The zero-order chi connectivity index (χ0) is 28.9. The number of carbonyl (C=O) groups excluding carboxylic acids is 2. The minimum absolute atomic E-state index is 0.210. The second-order valence-corrected chi connectivity index (χ2v) is 11.0. The van der Waals surface area contributed by atoms with Crippen molar-refractivity contribution >= 4 is 67.0 Å². The van der Waals surface area contributed by atoms with E-state index in [0.717, 1.165) is 33.4 Å². The van der Waals surface area contributed by atoms with Gasteiger partial charge in [0.25, 0.3) is 0 Å². The Kier molecular flexibility index (Phi) is 5.76. The summed E-state index contributed by atoms with van der Waals surface area (Å²) in [6.45, 7) is 0. The number of nitrogens with zero attached hydrogens (tertiary/aromatic N) is 1. The van der Waals surface area contributed by atoms with Gasteiger partial charge in [0.15, 0.2) is 11.6 Å². The molecule has 0 N–H and O–H groups in total. The van der Waals surface area contributed by atoms with Crippen LogP contribution in [-0.2, 0) is 0 Å². The average molecular weight is 552 g/mol. The summed E-state index contributed by atoms with van der Waals surface area (Å²) in [4.78, 5) is 28.1. The summed E-state index contributed by atoms with van der Waals surface area (Å²) in [7, 11) is 0. The van der Waals surface area contributed by atoms with E-state index < -0.39 is 0 Å². The van der Waals surface area contributed by atoms with E-state index in [4.69, 9.17) is 0 Å². The van der Waals surface area contributed by atoms with Gasteiger partial charge >= 0.3 is 0 Å². The molecule has 0 spiro atoms. The molecule has 8 rings (SSSR count). The van der Waals surface area contributed by atoms with Crippen molar-refractivity contribution in [1.29, 1.82) is 0 Å². The van der Waals surface area contributed by atoms with Crippen molar-refractivity contribution in [3.8, 4) is 0 Å². The zero-order valence-electron chi connectivity index (χ0n) is 23.2. The number of ketones is 2. The van der Waals surface area contributed by atoms with E-state index >= 15 is 0 Å². The highest BCUT2D eigenvalue weighted by Gasteiger charge is 2.32. The second kappa shape index (κ2) is 9.93. The molecule has 1 aliphatic carbocycles. The highest BCUT2D eigenvalue weighted by Crippen LogP contribution is 2.38. The molecule has 0 saturated carbocycles. The van der Waals surface area contributed by atoms with Crippen LogP contribution in [0.3, 0.4) is 0 Å². The minimum atomic E-state index is -0.210. The Balaban J connectivity index is 1.20. The normalized spacial score (nSPS) is 12.7. The maximum Gasteiger partial charge on any atom is 0.197 e. The van der Waals surface area contributed by atoms with Gasteiger partial charge in [-0.15, -0.1) is 0 Å². The van der Waals surface area contributed by atoms with E-state index in [1.807, 2.05) is 18.2 Å². The van der Waals surface area contributed by atoms with Gasteiger partial charge in [-0.05, 0) is 98.6 Å².